The number of likely N-dealkylation sites (tertiary alicyclic amines) is 2. The maximum absolute atomic E-state index is 13.1. The molecule has 2 aromatic carbocycles. The maximum atomic E-state index is 13.1. The first-order valence-electron chi connectivity index (χ1n) is 11.6. The summed E-state index contributed by atoms with van der Waals surface area (Å²) in [6.07, 6.45) is 4.05. The highest BCUT2D eigenvalue weighted by molar-refractivity contribution is 5.94. The summed E-state index contributed by atoms with van der Waals surface area (Å²) in [5.41, 5.74) is 1.21. The molecular weight excluding hydrogens is 407 g/mol. The third-order valence-electron chi connectivity index (χ3n) is 6.56. The Balaban J connectivity index is 1.28. The molecule has 0 bridgehead atoms. The van der Waals surface area contributed by atoms with Crippen molar-refractivity contribution in [3.05, 3.63) is 65.5 Å². The van der Waals surface area contributed by atoms with Gasteiger partial charge in [-0.3, -0.25) is 9.59 Å². The Morgan fingerprint density at radius 3 is 2.12 bits per heavy atom. The van der Waals surface area contributed by atoms with E-state index in [0.717, 1.165) is 44.5 Å². The zero-order valence-electron chi connectivity index (χ0n) is 18.6. The molecule has 170 valence electrons. The topological polar surface area (TPSA) is 49.9 Å². The van der Waals surface area contributed by atoms with E-state index < -0.39 is 0 Å². The second-order valence-corrected chi connectivity index (χ2v) is 9.08. The molecule has 0 radical (unpaired) electrons. The smallest absolute Gasteiger partial charge is 0.253 e. The van der Waals surface area contributed by atoms with Crippen LogP contribution in [0.3, 0.4) is 0 Å². The third-order valence-corrected chi connectivity index (χ3v) is 6.56. The normalized spacial score (nSPS) is 19.6. The van der Waals surface area contributed by atoms with E-state index in [1.807, 2.05) is 34.1 Å². The quantitative estimate of drug-likeness (QED) is 0.684. The monoisotopic (exact) mass is 438 g/mol. The lowest BCUT2D eigenvalue weighted by Crippen LogP contribution is -2.41. The molecule has 6 heteroatoms. The van der Waals surface area contributed by atoms with E-state index in [-0.39, 0.29) is 23.5 Å². The molecule has 4 rings (SSSR count). The van der Waals surface area contributed by atoms with Gasteiger partial charge in [-0.25, -0.2) is 4.39 Å². The van der Waals surface area contributed by atoms with Crippen molar-refractivity contribution in [3.63, 3.8) is 0 Å². The Labute approximate surface area is 189 Å². The molecule has 32 heavy (non-hydrogen) atoms. The van der Waals surface area contributed by atoms with Gasteiger partial charge in [0.15, 0.2) is 0 Å². The summed E-state index contributed by atoms with van der Waals surface area (Å²) in [7, 11) is 0. The lowest BCUT2D eigenvalue weighted by Gasteiger charge is -2.32. The number of rotatable bonds is 5. The van der Waals surface area contributed by atoms with Crippen molar-refractivity contribution in [2.45, 2.75) is 32.6 Å². The number of benzene rings is 2. The van der Waals surface area contributed by atoms with Gasteiger partial charge in [0.1, 0.15) is 11.6 Å². The number of carbonyl (C=O) groups is 2. The lowest BCUT2D eigenvalue weighted by molar-refractivity contribution is 0.0633. The summed E-state index contributed by atoms with van der Waals surface area (Å²) < 4.78 is 19.1. The highest BCUT2D eigenvalue weighted by Crippen LogP contribution is 2.22. The molecule has 0 aromatic heterocycles. The van der Waals surface area contributed by atoms with Crippen LogP contribution in [0.1, 0.15) is 53.3 Å². The van der Waals surface area contributed by atoms with Gasteiger partial charge in [0.2, 0.25) is 0 Å². The molecule has 2 heterocycles. The number of piperidine rings is 2. The van der Waals surface area contributed by atoms with Crippen LogP contribution >= 0.6 is 0 Å². The predicted molar refractivity (Wildman–Crippen MR) is 121 cm³/mol. The molecule has 2 aliphatic rings. The van der Waals surface area contributed by atoms with Crippen LogP contribution in [0.15, 0.2) is 48.5 Å². The second-order valence-electron chi connectivity index (χ2n) is 9.08. The molecule has 0 saturated carbocycles. The van der Waals surface area contributed by atoms with Gasteiger partial charge in [-0.1, -0.05) is 6.92 Å². The highest BCUT2D eigenvalue weighted by atomic mass is 19.1. The van der Waals surface area contributed by atoms with Gasteiger partial charge < -0.3 is 14.5 Å². The van der Waals surface area contributed by atoms with E-state index in [9.17, 15) is 14.0 Å². The van der Waals surface area contributed by atoms with Gasteiger partial charge in [-0.2, -0.15) is 0 Å². The van der Waals surface area contributed by atoms with Crippen LogP contribution in [0.5, 0.6) is 5.75 Å². The minimum Gasteiger partial charge on any atom is -0.493 e. The van der Waals surface area contributed by atoms with Crippen molar-refractivity contribution in [2.24, 2.45) is 11.8 Å². The Hall–Kier alpha value is -2.89. The predicted octanol–water partition coefficient (Wildman–Crippen LogP) is 4.63. The van der Waals surface area contributed by atoms with Crippen molar-refractivity contribution in [3.8, 4) is 5.75 Å². The first-order chi connectivity index (χ1) is 15.5. The maximum Gasteiger partial charge on any atom is 0.253 e. The van der Waals surface area contributed by atoms with Crippen molar-refractivity contribution in [2.75, 3.05) is 32.8 Å². The molecule has 2 fully saturated rings. The minimum absolute atomic E-state index is 0.0651. The fourth-order valence-corrected chi connectivity index (χ4v) is 4.46. The summed E-state index contributed by atoms with van der Waals surface area (Å²) >= 11 is 0. The van der Waals surface area contributed by atoms with Crippen molar-refractivity contribution in [1.82, 2.24) is 9.80 Å². The minimum atomic E-state index is -0.343. The first kappa shape index (κ1) is 22.3. The van der Waals surface area contributed by atoms with E-state index >= 15 is 0 Å². The average molecular weight is 439 g/mol. The summed E-state index contributed by atoms with van der Waals surface area (Å²) in [5.74, 6) is 1.34. The van der Waals surface area contributed by atoms with Crippen LogP contribution < -0.4 is 4.74 Å². The summed E-state index contributed by atoms with van der Waals surface area (Å²) in [5, 5.41) is 0. The molecule has 2 aliphatic heterocycles. The van der Waals surface area contributed by atoms with Crippen molar-refractivity contribution < 1.29 is 18.7 Å². The van der Waals surface area contributed by atoms with Crippen LogP contribution in [0, 0.1) is 17.7 Å². The summed E-state index contributed by atoms with van der Waals surface area (Å²) in [4.78, 5) is 29.2. The number of hydrogen-bond acceptors (Lipinski definition) is 3. The molecule has 0 unspecified atom stereocenters. The number of ether oxygens (including phenoxy) is 1. The van der Waals surface area contributed by atoms with E-state index in [2.05, 4.69) is 6.92 Å². The van der Waals surface area contributed by atoms with Crippen molar-refractivity contribution in [1.29, 1.82) is 0 Å². The Kier molecular flexibility index (Phi) is 7.08. The van der Waals surface area contributed by atoms with Crippen LogP contribution in [-0.4, -0.2) is 54.4 Å². The number of carbonyl (C=O) groups excluding carboxylic acids is 2. The molecule has 5 nitrogen and oxygen atoms in total. The Morgan fingerprint density at radius 2 is 1.47 bits per heavy atom. The van der Waals surface area contributed by atoms with Crippen LogP contribution in [-0.2, 0) is 0 Å². The van der Waals surface area contributed by atoms with Crippen LogP contribution in [0.4, 0.5) is 4.39 Å². The average Bonchev–Trinajstić information content (AvgIpc) is 2.83. The highest BCUT2D eigenvalue weighted by Gasteiger charge is 2.25. The third kappa shape index (κ3) is 5.47. The Bertz CT molecular complexity index is 921. The van der Waals surface area contributed by atoms with Gasteiger partial charge in [-0.15, -0.1) is 0 Å². The van der Waals surface area contributed by atoms with E-state index in [1.54, 1.807) is 0 Å². The molecule has 0 N–H and O–H groups in total. The molecule has 2 aromatic rings. The zero-order chi connectivity index (χ0) is 22.5. The molecule has 2 saturated heterocycles. The number of halogens is 1. The largest absolute Gasteiger partial charge is 0.493 e. The number of nitrogens with zero attached hydrogens (tertiary/aromatic N) is 2. The van der Waals surface area contributed by atoms with Gasteiger partial charge in [0, 0.05) is 43.2 Å². The number of amides is 2. The van der Waals surface area contributed by atoms with Gasteiger partial charge in [0.05, 0.1) is 6.61 Å². The summed E-state index contributed by atoms with van der Waals surface area (Å²) in [6, 6.07) is 13.1. The first-order valence-corrected chi connectivity index (χ1v) is 11.6. The van der Waals surface area contributed by atoms with Crippen molar-refractivity contribution >= 4 is 11.8 Å². The molecule has 0 spiro atoms. The van der Waals surface area contributed by atoms with E-state index in [4.69, 9.17) is 4.74 Å². The van der Waals surface area contributed by atoms with Gasteiger partial charge >= 0.3 is 0 Å². The standard InChI is InChI=1S/C26H31FN2O3/c1-19-12-15-28(16-13-19)25(30)22-6-10-24(11-7-22)32-18-20-3-2-14-29(17-20)26(31)21-4-8-23(27)9-5-21/h4-11,19-20H,2-3,12-18H2,1H3/t20-/m0/s1. The van der Waals surface area contributed by atoms with Crippen LogP contribution in [0.25, 0.3) is 0 Å². The number of hydrogen-bond donors (Lipinski definition) is 0. The Morgan fingerprint density at radius 1 is 0.875 bits per heavy atom. The second kappa shape index (κ2) is 10.2. The summed E-state index contributed by atoms with van der Waals surface area (Å²) in [6.45, 7) is 5.74. The molecular formula is C26H31FN2O3. The fourth-order valence-electron chi connectivity index (χ4n) is 4.46. The van der Waals surface area contributed by atoms with E-state index in [1.165, 1.54) is 24.3 Å². The SMILES string of the molecule is CC1CCN(C(=O)c2ccc(OC[C@H]3CCCN(C(=O)c4ccc(F)cc4)C3)cc2)CC1. The van der Waals surface area contributed by atoms with Gasteiger partial charge in [0.25, 0.3) is 11.8 Å². The molecule has 1 atom stereocenters. The molecule has 0 aliphatic carbocycles. The fraction of sp³-hybridized carbons (Fsp3) is 0.462. The zero-order valence-corrected chi connectivity index (χ0v) is 18.6. The van der Waals surface area contributed by atoms with E-state index in [0.29, 0.717) is 36.7 Å². The van der Waals surface area contributed by atoms with Gasteiger partial charge in [-0.05, 0) is 80.1 Å². The lowest BCUT2D eigenvalue weighted by atomic mass is 9.98. The van der Waals surface area contributed by atoms with Crippen LogP contribution in [0.2, 0.25) is 0 Å². The molecule has 2 amide bonds.